The SMILES string of the molecule is CN(C)c1ccc(C=C2C(=O)N(c3ccccc3)N=C2C(=O)Nc2ccccc2)cc1. The lowest BCUT2D eigenvalue weighted by molar-refractivity contribution is -0.114. The topological polar surface area (TPSA) is 65.0 Å². The van der Waals surface area contributed by atoms with E-state index in [1.165, 1.54) is 5.01 Å². The standard InChI is InChI=1S/C25H22N4O2/c1-28(2)20-15-13-18(14-16-20)17-22-23(24(30)26-19-9-5-3-6-10-19)27-29(25(22)31)21-11-7-4-8-12-21/h3-17H,1-2H3,(H,26,30). The van der Waals surface area contributed by atoms with Crippen molar-refractivity contribution in [3.63, 3.8) is 0 Å². The molecule has 6 nitrogen and oxygen atoms in total. The minimum absolute atomic E-state index is 0.0781. The van der Waals surface area contributed by atoms with E-state index in [0.717, 1.165) is 11.3 Å². The summed E-state index contributed by atoms with van der Waals surface area (Å²) >= 11 is 0. The predicted octanol–water partition coefficient (Wildman–Crippen LogP) is 4.18. The molecule has 1 N–H and O–H groups in total. The molecule has 4 rings (SSSR count). The fourth-order valence-corrected chi connectivity index (χ4v) is 3.20. The van der Waals surface area contributed by atoms with Crippen LogP contribution in [0.1, 0.15) is 5.56 Å². The predicted molar refractivity (Wildman–Crippen MR) is 125 cm³/mol. The second-order valence-corrected chi connectivity index (χ2v) is 7.27. The fourth-order valence-electron chi connectivity index (χ4n) is 3.20. The van der Waals surface area contributed by atoms with Gasteiger partial charge in [0.05, 0.1) is 11.3 Å². The number of nitrogens with zero attached hydrogens (tertiary/aromatic N) is 3. The van der Waals surface area contributed by atoms with Crippen molar-refractivity contribution in [2.24, 2.45) is 5.10 Å². The molecule has 0 atom stereocenters. The van der Waals surface area contributed by atoms with Gasteiger partial charge in [0.2, 0.25) is 0 Å². The molecule has 0 aliphatic carbocycles. The number of carbonyl (C=O) groups excluding carboxylic acids is 2. The Hall–Kier alpha value is -4.19. The molecular weight excluding hydrogens is 388 g/mol. The highest BCUT2D eigenvalue weighted by molar-refractivity contribution is 6.58. The number of anilines is 3. The van der Waals surface area contributed by atoms with Gasteiger partial charge in [-0.3, -0.25) is 9.59 Å². The van der Waals surface area contributed by atoms with Gasteiger partial charge in [0.25, 0.3) is 11.8 Å². The molecule has 0 bridgehead atoms. The van der Waals surface area contributed by atoms with Crippen LogP contribution in [0.3, 0.4) is 0 Å². The Kier molecular flexibility index (Phi) is 5.62. The largest absolute Gasteiger partial charge is 0.378 e. The van der Waals surface area contributed by atoms with E-state index in [1.807, 2.05) is 79.7 Å². The third-order valence-electron chi connectivity index (χ3n) is 4.85. The highest BCUT2D eigenvalue weighted by Crippen LogP contribution is 2.26. The summed E-state index contributed by atoms with van der Waals surface area (Å²) in [6.45, 7) is 0. The lowest BCUT2D eigenvalue weighted by Crippen LogP contribution is -2.25. The number of hydrogen-bond donors (Lipinski definition) is 1. The van der Waals surface area contributed by atoms with Crippen LogP contribution in [-0.2, 0) is 9.59 Å². The Morgan fingerprint density at radius 3 is 2.13 bits per heavy atom. The van der Waals surface area contributed by atoms with Crippen LogP contribution >= 0.6 is 0 Å². The number of para-hydroxylation sites is 2. The molecule has 0 radical (unpaired) electrons. The first-order valence-electron chi connectivity index (χ1n) is 9.87. The number of rotatable bonds is 5. The molecule has 6 heteroatoms. The minimum Gasteiger partial charge on any atom is -0.378 e. The quantitative estimate of drug-likeness (QED) is 0.642. The van der Waals surface area contributed by atoms with Crippen molar-refractivity contribution in [3.8, 4) is 0 Å². The zero-order valence-corrected chi connectivity index (χ0v) is 17.3. The van der Waals surface area contributed by atoms with Crippen molar-refractivity contribution in [1.29, 1.82) is 0 Å². The van der Waals surface area contributed by atoms with Crippen LogP contribution in [0.4, 0.5) is 17.1 Å². The van der Waals surface area contributed by atoms with E-state index in [1.54, 1.807) is 30.3 Å². The maximum atomic E-state index is 13.2. The van der Waals surface area contributed by atoms with Gasteiger partial charge in [-0.2, -0.15) is 10.1 Å². The Labute approximate surface area is 181 Å². The van der Waals surface area contributed by atoms with E-state index in [2.05, 4.69) is 10.4 Å². The Morgan fingerprint density at radius 2 is 1.52 bits per heavy atom. The molecule has 3 aromatic carbocycles. The van der Waals surface area contributed by atoms with Crippen molar-refractivity contribution in [2.45, 2.75) is 0 Å². The van der Waals surface area contributed by atoms with Crippen LogP contribution in [0.5, 0.6) is 0 Å². The van der Waals surface area contributed by atoms with E-state index in [4.69, 9.17) is 0 Å². The highest BCUT2D eigenvalue weighted by atomic mass is 16.2. The summed E-state index contributed by atoms with van der Waals surface area (Å²) < 4.78 is 0. The summed E-state index contributed by atoms with van der Waals surface area (Å²) in [4.78, 5) is 28.2. The molecule has 1 aliphatic heterocycles. The Morgan fingerprint density at radius 1 is 0.903 bits per heavy atom. The normalized spacial score (nSPS) is 14.5. The third-order valence-corrected chi connectivity index (χ3v) is 4.85. The first kappa shape index (κ1) is 20.1. The summed E-state index contributed by atoms with van der Waals surface area (Å²) in [7, 11) is 3.93. The van der Waals surface area contributed by atoms with Gasteiger partial charge in [-0.15, -0.1) is 0 Å². The maximum Gasteiger partial charge on any atom is 0.281 e. The zero-order valence-electron chi connectivity index (χ0n) is 17.3. The Balaban J connectivity index is 1.71. The van der Waals surface area contributed by atoms with Crippen LogP contribution in [0, 0.1) is 0 Å². The maximum absolute atomic E-state index is 13.2. The highest BCUT2D eigenvalue weighted by Gasteiger charge is 2.35. The average Bonchev–Trinajstić information content (AvgIpc) is 3.11. The first-order valence-corrected chi connectivity index (χ1v) is 9.87. The zero-order chi connectivity index (χ0) is 21.8. The van der Waals surface area contributed by atoms with Crippen molar-refractivity contribution < 1.29 is 9.59 Å². The van der Waals surface area contributed by atoms with E-state index in [9.17, 15) is 9.59 Å². The van der Waals surface area contributed by atoms with E-state index in [-0.39, 0.29) is 17.2 Å². The summed E-state index contributed by atoms with van der Waals surface area (Å²) in [6.07, 6.45) is 1.70. The van der Waals surface area contributed by atoms with Gasteiger partial charge in [-0.25, -0.2) is 0 Å². The van der Waals surface area contributed by atoms with Crippen molar-refractivity contribution in [1.82, 2.24) is 0 Å². The van der Waals surface area contributed by atoms with E-state index < -0.39 is 5.91 Å². The van der Waals surface area contributed by atoms with Gasteiger partial charge < -0.3 is 10.2 Å². The number of benzene rings is 3. The monoisotopic (exact) mass is 410 g/mol. The summed E-state index contributed by atoms with van der Waals surface area (Å²) in [5, 5.41) is 8.45. The molecule has 0 spiro atoms. The summed E-state index contributed by atoms with van der Waals surface area (Å²) in [5.74, 6) is -0.782. The molecule has 2 amide bonds. The molecule has 0 fully saturated rings. The molecular formula is C25H22N4O2. The lowest BCUT2D eigenvalue weighted by atomic mass is 10.0. The average molecular weight is 410 g/mol. The van der Waals surface area contributed by atoms with Crippen molar-refractivity contribution >= 4 is 40.7 Å². The van der Waals surface area contributed by atoms with Crippen LogP contribution in [0.25, 0.3) is 6.08 Å². The molecule has 31 heavy (non-hydrogen) atoms. The van der Waals surface area contributed by atoms with Gasteiger partial charge in [0.1, 0.15) is 0 Å². The first-order chi connectivity index (χ1) is 15.0. The molecule has 1 heterocycles. The third kappa shape index (κ3) is 4.38. The van der Waals surface area contributed by atoms with Crippen molar-refractivity contribution in [3.05, 3.63) is 96.1 Å². The molecule has 0 saturated heterocycles. The van der Waals surface area contributed by atoms with Gasteiger partial charge in [0.15, 0.2) is 5.71 Å². The van der Waals surface area contributed by atoms with Gasteiger partial charge >= 0.3 is 0 Å². The van der Waals surface area contributed by atoms with Gasteiger partial charge in [-0.1, -0.05) is 48.5 Å². The van der Waals surface area contributed by atoms with Crippen LogP contribution in [0.2, 0.25) is 0 Å². The Bertz CT molecular complexity index is 1150. The molecule has 3 aromatic rings. The van der Waals surface area contributed by atoms with Crippen LogP contribution in [0.15, 0.2) is 95.6 Å². The second-order valence-electron chi connectivity index (χ2n) is 7.27. The smallest absolute Gasteiger partial charge is 0.281 e. The summed E-state index contributed by atoms with van der Waals surface area (Å²) in [5.41, 5.74) is 3.41. The number of amides is 2. The number of carbonyl (C=O) groups is 2. The summed E-state index contributed by atoms with van der Waals surface area (Å²) in [6, 6.07) is 25.9. The molecule has 0 unspecified atom stereocenters. The van der Waals surface area contributed by atoms with Crippen LogP contribution in [-0.4, -0.2) is 31.6 Å². The van der Waals surface area contributed by atoms with Gasteiger partial charge in [0, 0.05) is 25.5 Å². The molecule has 154 valence electrons. The van der Waals surface area contributed by atoms with Crippen LogP contribution < -0.4 is 15.2 Å². The minimum atomic E-state index is -0.436. The van der Waals surface area contributed by atoms with E-state index >= 15 is 0 Å². The van der Waals surface area contributed by atoms with Crippen molar-refractivity contribution in [2.75, 3.05) is 29.3 Å². The lowest BCUT2D eigenvalue weighted by Gasteiger charge is -2.12. The number of nitrogens with one attached hydrogen (secondary N) is 1. The fraction of sp³-hybridized carbons (Fsp3) is 0.0800. The molecule has 0 saturated carbocycles. The number of hydrogen-bond acceptors (Lipinski definition) is 4. The van der Waals surface area contributed by atoms with Gasteiger partial charge in [-0.05, 0) is 48.0 Å². The number of hydrazone groups is 1. The molecule has 0 aromatic heterocycles. The molecule has 1 aliphatic rings. The second kappa shape index (κ2) is 8.67. The van der Waals surface area contributed by atoms with E-state index in [0.29, 0.717) is 11.4 Å².